The molecule has 0 radical (unpaired) electrons. The molecule has 0 fully saturated rings. The molecule has 0 aliphatic heterocycles. The fourth-order valence-electron chi connectivity index (χ4n) is 1.87. The van der Waals surface area contributed by atoms with E-state index in [1.165, 1.54) is 17.3 Å². The summed E-state index contributed by atoms with van der Waals surface area (Å²) in [5, 5.41) is 0.777. The van der Waals surface area contributed by atoms with Gasteiger partial charge < -0.3 is 10.3 Å². The number of aryl methyl sites for hydroxylation is 1. The lowest BCUT2D eigenvalue weighted by molar-refractivity contribution is -0.115. The zero-order valence-corrected chi connectivity index (χ0v) is 12.2. The number of amides is 1. The third-order valence-electron chi connectivity index (χ3n) is 2.82. The number of rotatable bonds is 6. The van der Waals surface area contributed by atoms with Crippen LogP contribution in [0.15, 0.2) is 48.3 Å². The molecule has 0 saturated carbocycles. The molecular weight excluding hydrogens is 270 g/mol. The second kappa shape index (κ2) is 6.43. The normalized spacial score (nSPS) is 10.4. The highest BCUT2D eigenvalue weighted by Crippen LogP contribution is 2.26. The maximum absolute atomic E-state index is 10.9. The summed E-state index contributed by atoms with van der Waals surface area (Å²) in [5.41, 5.74) is 8.50. The summed E-state index contributed by atoms with van der Waals surface area (Å²) < 4.78 is 2.03. The summed E-state index contributed by atoms with van der Waals surface area (Å²) >= 11 is 1.34. The van der Waals surface area contributed by atoms with Gasteiger partial charge in [-0.3, -0.25) is 4.79 Å². The lowest BCUT2D eigenvalue weighted by Gasteiger charge is -2.09. The molecule has 1 amide bonds. The van der Waals surface area contributed by atoms with Crippen molar-refractivity contribution >= 4 is 17.7 Å². The number of hydrogen-bond acceptors (Lipinski definition) is 3. The van der Waals surface area contributed by atoms with E-state index in [1.807, 2.05) is 16.8 Å². The molecule has 2 rings (SSSR count). The molecule has 2 N–H and O–H groups in total. The van der Waals surface area contributed by atoms with E-state index in [4.69, 9.17) is 5.73 Å². The van der Waals surface area contributed by atoms with E-state index in [0.717, 1.165) is 16.4 Å². The first-order valence-corrected chi connectivity index (χ1v) is 7.25. The molecule has 0 unspecified atom stereocenters. The molecule has 4 nitrogen and oxygen atoms in total. The number of allylic oxidation sites excluding steroid dienone is 1. The fourth-order valence-corrected chi connectivity index (χ4v) is 2.60. The van der Waals surface area contributed by atoms with Gasteiger partial charge in [-0.1, -0.05) is 47.7 Å². The lowest BCUT2D eigenvalue weighted by Crippen LogP contribution is -2.13. The van der Waals surface area contributed by atoms with Crippen molar-refractivity contribution in [3.8, 4) is 11.3 Å². The van der Waals surface area contributed by atoms with Crippen molar-refractivity contribution in [2.24, 2.45) is 5.73 Å². The van der Waals surface area contributed by atoms with Gasteiger partial charge in [0.2, 0.25) is 5.91 Å². The number of aromatic nitrogens is 2. The smallest absolute Gasteiger partial charge is 0.227 e. The van der Waals surface area contributed by atoms with Gasteiger partial charge in [-0.2, -0.15) is 0 Å². The van der Waals surface area contributed by atoms with E-state index >= 15 is 0 Å². The van der Waals surface area contributed by atoms with Gasteiger partial charge >= 0.3 is 0 Å². The second-order valence-corrected chi connectivity index (χ2v) is 5.39. The molecule has 0 aliphatic carbocycles. The molecule has 0 aliphatic rings. The Bertz CT molecular complexity index is 617. The van der Waals surface area contributed by atoms with Gasteiger partial charge in [0, 0.05) is 6.54 Å². The van der Waals surface area contributed by atoms with Gasteiger partial charge in [0.05, 0.1) is 17.6 Å². The van der Waals surface area contributed by atoms with Gasteiger partial charge in [0.25, 0.3) is 0 Å². The molecule has 0 spiro atoms. The summed E-state index contributed by atoms with van der Waals surface area (Å²) in [4.78, 5) is 15.3. The van der Waals surface area contributed by atoms with E-state index in [2.05, 4.69) is 42.8 Å². The Kier molecular flexibility index (Phi) is 4.63. The van der Waals surface area contributed by atoms with E-state index in [1.54, 1.807) is 0 Å². The number of nitrogens with zero attached hydrogens (tertiary/aromatic N) is 2. The molecule has 104 valence electrons. The Labute approximate surface area is 122 Å². The number of thioether (sulfide) groups is 1. The molecule has 0 bridgehead atoms. The first-order chi connectivity index (χ1) is 9.61. The number of nitrogens with two attached hydrogens (primary N) is 1. The SMILES string of the molecule is C=CCn1c(-c2ccc(C)cc2)cnc1SCC(N)=O. The first-order valence-electron chi connectivity index (χ1n) is 6.26. The monoisotopic (exact) mass is 287 g/mol. The Morgan fingerprint density at radius 2 is 2.15 bits per heavy atom. The lowest BCUT2D eigenvalue weighted by atomic mass is 10.1. The van der Waals surface area contributed by atoms with Gasteiger partial charge in [-0.15, -0.1) is 6.58 Å². The minimum absolute atomic E-state index is 0.224. The number of carbonyl (C=O) groups is 1. The maximum Gasteiger partial charge on any atom is 0.227 e. The van der Waals surface area contributed by atoms with E-state index in [-0.39, 0.29) is 11.7 Å². The van der Waals surface area contributed by atoms with Crippen molar-refractivity contribution in [1.29, 1.82) is 0 Å². The van der Waals surface area contributed by atoms with Crippen molar-refractivity contribution in [2.75, 3.05) is 5.75 Å². The number of hydrogen-bond donors (Lipinski definition) is 1. The van der Waals surface area contributed by atoms with Gasteiger partial charge in [-0.05, 0) is 12.5 Å². The van der Waals surface area contributed by atoms with Crippen molar-refractivity contribution < 1.29 is 4.79 Å². The highest BCUT2D eigenvalue weighted by molar-refractivity contribution is 7.99. The van der Waals surface area contributed by atoms with Crippen molar-refractivity contribution in [3.05, 3.63) is 48.7 Å². The van der Waals surface area contributed by atoms with E-state index in [0.29, 0.717) is 6.54 Å². The summed E-state index contributed by atoms with van der Waals surface area (Å²) in [7, 11) is 0. The third-order valence-corrected chi connectivity index (χ3v) is 3.83. The second-order valence-electron chi connectivity index (χ2n) is 4.45. The predicted molar refractivity (Wildman–Crippen MR) is 82.5 cm³/mol. The Morgan fingerprint density at radius 1 is 1.45 bits per heavy atom. The van der Waals surface area contributed by atoms with Crippen LogP contribution in [0.2, 0.25) is 0 Å². The number of benzene rings is 1. The van der Waals surface area contributed by atoms with Crippen LogP contribution in [0.5, 0.6) is 0 Å². The minimum Gasteiger partial charge on any atom is -0.369 e. The highest BCUT2D eigenvalue weighted by Gasteiger charge is 2.12. The summed E-state index contributed by atoms with van der Waals surface area (Å²) in [6.45, 7) is 6.47. The van der Waals surface area contributed by atoms with E-state index in [9.17, 15) is 4.79 Å². The molecule has 0 atom stereocenters. The van der Waals surface area contributed by atoms with Crippen LogP contribution in [0, 0.1) is 6.92 Å². The zero-order chi connectivity index (χ0) is 14.5. The molecule has 0 saturated heterocycles. The molecule has 1 aromatic carbocycles. The average Bonchev–Trinajstić information content (AvgIpc) is 2.81. The topological polar surface area (TPSA) is 60.9 Å². The zero-order valence-electron chi connectivity index (χ0n) is 11.4. The Morgan fingerprint density at radius 3 is 2.75 bits per heavy atom. The third kappa shape index (κ3) is 3.30. The number of imidazole rings is 1. The van der Waals surface area contributed by atoms with E-state index < -0.39 is 0 Å². The quantitative estimate of drug-likeness (QED) is 0.656. The predicted octanol–water partition coefficient (Wildman–Crippen LogP) is 2.62. The average molecular weight is 287 g/mol. The van der Waals surface area contributed by atoms with Crippen LogP contribution < -0.4 is 5.73 Å². The van der Waals surface area contributed by atoms with Gasteiger partial charge in [0.1, 0.15) is 0 Å². The minimum atomic E-state index is -0.347. The van der Waals surface area contributed by atoms with Crippen LogP contribution >= 0.6 is 11.8 Å². The first kappa shape index (κ1) is 14.4. The summed E-state index contributed by atoms with van der Waals surface area (Å²) in [6, 6.07) is 8.26. The van der Waals surface area contributed by atoms with Gasteiger partial charge in [0.15, 0.2) is 5.16 Å². The van der Waals surface area contributed by atoms with Crippen molar-refractivity contribution in [2.45, 2.75) is 18.6 Å². The van der Waals surface area contributed by atoms with Crippen LogP contribution in [0.1, 0.15) is 5.56 Å². The molecule has 5 heteroatoms. The molecule has 2 aromatic rings. The summed E-state index contributed by atoms with van der Waals surface area (Å²) in [5.74, 6) is -0.123. The number of carbonyl (C=O) groups excluding carboxylic acids is 1. The molecule has 1 heterocycles. The molecular formula is C15H17N3OS. The van der Waals surface area contributed by atoms with Crippen molar-refractivity contribution in [3.63, 3.8) is 0 Å². The highest BCUT2D eigenvalue weighted by atomic mass is 32.2. The van der Waals surface area contributed by atoms with Crippen LogP contribution in [0.3, 0.4) is 0 Å². The van der Waals surface area contributed by atoms with Crippen LogP contribution in [-0.4, -0.2) is 21.2 Å². The Balaban J connectivity index is 2.35. The Hall–Kier alpha value is -2.01. The number of primary amides is 1. The largest absolute Gasteiger partial charge is 0.369 e. The van der Waals surface area contributed by atoms with Crippen molar-refractivity contribution in [1.82, 2.24) is 9.55 Å². The van der Waals surface area contributed by atoms with Crippen LogP contribution in [-0.2, 0) is 11.3 Å². The maximum atomic E-state index is 10.9. The van der Waals surface area contributed by atoms with Crippen LogP contribution in [0.4, 0.5) is 0 Å². The molecule has 1 aromatic heterocycles. The fraction of sp³-hybridized carbons (Fsp3) is 0.200. The molecule has 20 heavy (non-hydrogen) atoms. The standard InChI is InChI=1S/C15H17N3OS/c1-3-8-18-13(12-6-4-11(2)5-7-12)9-17-15(18)20-10-14(16)19/h3-7,9H,1,8,10H2,2H3,(H2,16,19). The van der Waals surface area contributed by atoms with Crippen LogP contribution in [0.25, 0.3) is 11.3 Å². The summed E-state index contributed by atoms with van der Waals surface area (Å²) in [6.07, 6.45) is 3.63. The van der Waals surface area contributed by atoms with Gasteiger partial charge in [-0.25, -0.2) is 4.98 Å².